The van der Waals surface area contributed by atoms with Crippen LogP contribution in [0.5, 0.6) is 0 Å². The fourth-order valence-corrected chi connectivity index (χ4v) is 3.21. The number of nitriles is 1. The molecular weight excluding hydrogens is 294 g/mol. The predicted octanol–water partition coefficient (Wildman–Crippen LogP) is 0.488. The number of likely N-dealkylation sites (tertiary alicyclic amines) is 1. The van der Waals surface area contributed by atoms with E-state index < -0.39 is 11.2 Å². The van der Waals surface area contributed by atoms with Crippen molar-refractivity contribution in [2.24, 2.45) is 20.0 Å². The van der Waals surface area contributed by atoms with E-state index in [2.05, 4.69) is 24.1 Å². The van der Waals surface area contributed by atoms with Gasteiger partial charge in [0.2, 0.25) is 0 Å². The molecule has 0 amide bonds. The quantitative estimate of drug-likeness (QED) is 0.854. The van der Waals surface area contributed by atoms with Gasteiger partial charge in [0.05, 0.1) is 0 Å². The maximum Gasteiger partial charge on any atom is 0.332 e. The highest BCUT2D eigenvalue weighted by Gasteiger charge is 2.25. The molecule has 0 saturated carbocycles. The Balaban J connectivity index is 2.31. The van der Waals surface area contributed by atoms with Crippen LogP contribution in [0.3, 0.4) is 0 Å². The summed E-state index contributed by atoms with van der Waals surface area (Å²) in [7, 11) is 2.96. The maximum atomic E-state index is 12.1. The number of rotatable bonds is 5. The van der Waals surface area contributed by atoms with Gasteiger partial charge in [0.25, 0.3) is 5.56 Å². The number of hydrogen-bond donors (Lipinski definition) is 1. The maximum absolute atomic E-state index is 12.1. The summed E-state index contributed by atoms with van der Waals surface area (Å²) in [6.45, 7) is 7.08. The summed E-state index contributed by atoms with van der Waals surface area (Å²) in [5.74, 6) is 0.750. The molecule has 1 aromatic heterocycles. The van der Waals surface area contributed by atoms with E-state index in [4.69, 9.17) is 0 Å². The Bertz CT molecular complexity index is 720. The van der Waals surface area contributed by atoms with Crippen LogP contribution in [0.2, 0.25) is 0 Å². The van der Waals surface area contributed by atoms with Gasteiger partial charge in [-0.05, 0) is 31.8 Å². The fraction of sp³-hybridized carbons (Fsp3) is 0.688. The number of aromatic nitrogens is 2. The molecule has 2 rings (SSSR count). The molecule has 1 saturated heterocycles. The average Bonchev–Trinajstić information content (AvgIpc) is 3.04. The molecule has 1 aliphatic heterocycles. The zero-order chi connectivity index (χ0) is 17.1. The Hall–Kier alpha value is -2.07. The van der Waals surface area contributed by atoms with Crippen molar-refractivity contribution in [3.05, 3.63) is 26.4 Å². The third kappa shape index (κ3) is 3.32. The van der Waals surface area contributed by atoms with Gasteiger partial charge in [-0.15, -0.1) is 0 Å². The van der Waals surface area contributed by atoms with Crippen molar-refractivity contribution < 1.29 is 0 Å². The van der Waals surface area contributed by atoms with Crippen molar-refractivity contribution in [1.82, 2.24) is 14.0 Å². The van der Waals surface area contributed by atoms with Crippen molar-refractivity contribution in [2.75, 3.05) is 25.0 Å². The molecule has 1 aliphatic rings. The van der Waals surface area contributed by atoms with Crippen LogP contribution in [0.15, 0.2) is 9.59 Å². The lowest BCUT2D eigenvalue weighted by Gasteiger charge is -2.31. The highest BCUT2D eigenvalue weighted by Crippen LogP contribution is 2.18. The van der Waals surface area contributed by atoms with Gasteiger partial charge in [0.15, 0.2) is 5.56 Å². The summed E-state index contributed by atoms with van der Waals surface area (Å²) >= 11 is 0. The molecule has 7 heteroatoms. The first-order chi connectivity index (χ1) is 10.9. The number of nitrogens with zero attached hydrogens (tertiary/aromatic N) is 4. The molecule has 2 heterocycles. The number of nitrogens with one attached hydrogen (secondary N) is 1. The van der Waals surface area contributed by atoms with E-state index in [1.165, 1.54) is 24.5 Å². The summed E-state index contributed by atoms with van der Waals surface area (Å²) in [6, 6.07) is 2.23. The minimum Gasteiger partial charge on any atom is -0.369 e. The zero-order valence-corrected chi connectivity index (χ0v) is 14.3. The SMILES string of the molecule is CC(C)[C@@H](CNc1c(C#N)c(=O)n(C)c(=O)n1C)N1CCCC1. The van der Waals surface area contributed by atoms with Crippen LogP contribution in [0, 0.1) is 17.2 Å². The van der Waals surface area contributed by atoms with E-state index in [0.29, 0.717) is 24.3 Å². The molecule has 1 N–H and O–H groups in total. The van der Waals surface area contributed by atoms with E-state index in [-0.39, 0.29) is 5.56 Å². The summed E-state index contributed by atoms with van der Waals surface area (Å²) in [5.41, 5.74) is -1.00. The van der Waals surface area contributed by atoms with Gasteiger partial charge in [-0.25, -0.2) is 4.79 Å². The predicted molar refractivity (Wildman–Crippen MR) is 89.6 cm³/mol. The molecule has 0 aliphatic carbocycles. The second-order valence-electron chi connectivity index (χ2n) is 6.48. The van der Waals surface area contributed by atoms with Crippen LogP contribution >= 0.6 is 0 Å². The monoisotopic (exact) mass is 319 g/mol. The van der Waals surface area contributed by atoms with Gasteiger partial charge in [0, 0.05) is 26.7 Å². The molecule has 0 radical (unpaired) electrons. The van der Waals surface area contributed by atoms with E-state index >= 15 is 0 Å². The summed E-state index contributed by atoms with van der Waals surface area (Å²) < 4.78 is 2.30. The Morgan fingerprint density at radius 3 is 2.30 bits per heavy atom. The number of hydrogen-bond acceptors (Lipinski definition) is 5. The van der Waals surface area contributed by atoms with Crippen molar-refractivity contribution in [2.45, 2.75) is 32.7 Å². The minimum atomic E-state index is -0.555. The van der Waals surface area contributed by atoms with Gasteiger partial charge in [-0.3, -0.25) is 18.8 Å². The van der Waals surface area contributed by atoms with Crippen LogP contribution < -0.4 is 16.6 Å². The van der Waals surface area contributed by atoms with Crippen LogP contribution in [0.1, 0.15) is 32.3 Å². The van der Waals surface area contributed by atoms with Crippen LogP contribution in [0.4, 0.5) is 5.82 Å². The van der Waals surface area contributed by atoms with E-state index in [9.17, 15) is 14.9 Å². The summed E-state index contributed by atoms with van der Waals surface area (Å²) in [5, 5.41) is 12.5. The third-order valence-electron chi connectivity index (χ3n) is 4.63. The van der Waals surface area contributed by atoms with Gasteiger partial charge < -0.3 is 5.32 Å². The van der Waals surface area contributed by atoms with Crippen molar-refractivity contribution in [3.63, 3.8) is 0 Å². The van der Waals surface area contributed by atoms with Crippen LogP contribution in [0.25, 0.3) is 0 Å². The molecule has 1 aromatic rings. The average molecular weight is 319 g/mol. The first-order valence-corrected chi connectivity index (χ1v) is 8.06. The molecule has 0 bridgehead atoms. The second-order valence-corrected chi connectivity index (χ2v) is 6.48. The largest absolute Gasteiger partial charge is 0.369 e. The first kappa shape index (κ1) is 17.3. The Morgan fingerprint density at radius 2 is 1.78 bits per heavy atom. The molecule has 23 heavy (non-hydrogen) atoms. The van der Waals surface area contributed by atoms with Gasteiger partial charge in [0.1, 0.15) is 11.9 Å². The van der Waals surface area contributed by atoms with Crippen LogP contribution in [-0.4, -0.2) is 39.7 Å². The van der Waals surface area contributed by atoms with Gasteiger partial charge in [-0.1, -0.05) is 13.8 Å². The van der Waals surface area contributed by atoms with Crippen molar-refractivity contribution in [1.29, 1.82) is 5.26 Å². The molecule has 126 valence electrons. The Labute approximate surface area is 136 Å². The highest BCUT2D eigenvalue weighted by molar-refractivity contribution is 5.51. The van der Waals surface area contributed by atoms with Crippen molar-refractivity contribution >= 4 is 5.82 Å². The molecule has 0 unspecified atom stereocenters. The normalized spacial score (nSPS) is 16.5. The summed E-state index contributed by atoms with van der Waals surface area (Å²) in [4.78, 5) is 26.6. The molecule has 7 nitrogen and oxygen atoms in total. The lowest BCUT2D eigenvalue weighted by atomic mass is 10.0. The van der Waals surface area contributed by atoms with Gasteiger partial charge >= 0.3 is 5.69 Å². The van der Waals surface area contributed by atoms with E-state index in [1.807, 2.05) is 6.07 Å². The second kappa shape index (κ2) is 7.01. The smallest absolute Gasteiger partial charge is 0.332 e. The molecular formula is C16H25N5O2. The van der Waals surface area contributed by atoms with Crippen molar-refractivity contribution in [3.8, 4) is 6.07 Å². The Morgan fingerprint density at radius 1 is 1.17 bits per heavy atom. The highest BCUT2D eigenvalue weighted by atomic mass is 16.2. The topological polar surface area (TPSA) is 83.1 Å². The lowest BCUT2D eigenvalue weighted by Crippen LogP contribution is -2.44. The molecule has 1 atom stereocenters. The molecule has 1 fully saturated rings. The molecule has 0 aromatic carbocycles. The van der Waals surface area contributed by atoms with Crippen LogP contribution in [-0.2, 0) is 14.1 Å². The van der Waals surface area contributed by atoms with Gasteiger partial charge in [-0.2, -0.15) is 5.26 Å². The fourth-order valence-electron chi connectivity index (χ4n) is 3.21. The standard InChI is InChI=1S/C16H25N5O2/c1-11(2)13(21-7-5-6-8-21)10-18-14-12(9-17)15(22)20(4)16(23)19(14)3/h11,13,18H,5-8,10H2,1-4H3/t13-/m1/s1. The van der Waals surface area contributed by atoms with E-state index in [1.54, 1.807) is 7.05 Å². The first-order valence-electron chi connectivity index (χ1n) is 8.06. The minimum absolute atomic E-state index is 0.0153. The zero-order valence-electron chi connectivity index (χ0n) is 14.3. The lowest BCUT2D eigenvalue weighted by molar-refractivity contribution is 0.201. The van der Waals surface area contributed by atoms with E-state index in [0.717, 1.165) is 17.7 Å². The summed E-state index contributed by atoms with van der Waals surface area (Å²) in [6.07, 6.45) is 2.41. The number of anilines is 1. The molecule has 0 spiro atoms. The Kier molecular flexibility index (Phi) is 5.26. The third-order valence-corrected chi connectivity index (χ3v) is 4.63.